The molecule has 2 aromatic carbocycles. The molecule has 0 unspecified atom stereocenters. The maximum Gasteiger partial charge on any atom is 0.271 e. The highest BCUT2D eigenvalue weighted by Gasteiger charge is 2.06. The number of nitrogens with one attached hydrogen (secondary N) is 1. The molecule has 0 bridgehead atoms. The Kier molecular flexibility index (Phi) is 4.66. The number of carbonyl (C=O) groups is 1. The number of hydrogen-bond donors (Lipinski definition) is 1. The second-order valence-corrected chi connectivity index (χ2v) is 4.67. The maximum absolute atomic E-state index is 13.4. The fraction of sp³-hybridized carbons (Fsp3) is 0.125. The number of rotatable bonds is 4. The largest absolute Gasteiger partial charge is 0.378 e. The number of anilines is 1. The first-order valence-corrected chi connectivity index (χ1v) is 6.43. The van der Waals surface area contributed by atoms with Crippen LogP contribution >= 0.6 is 0 Å². The van der Waals surface area contributed by atoms with Gasteiger partial charge in [0.2, 0.25) is 0 Å². The van der Waals surface area contributed by atoms with Crippen LogP contribution in [0.5, 0.6) is 0 Å². The lowest BCUT2D eigenvalue weighted by atomic mass is 10.2. The monoisotopic (exact) mass is 285 g/mol. The smallest absolute Gasteiger partial charge is 0.271 e. The van der Waals surface area contributed by atoms with E-state index < -0.39 is 0 Å². The summed E-state index contributed by atoms with van der Waals surface area (Å²) in [5, 5.41) is 3.78. The molecule has 0 fully saturated rings. The second kappa shape index (κ2) is 6.65. The topological polar surface area (TPSA) is 44.7 Å². The third-order valence-corrected chi connectivity index (χ3v) is 2.90. The molecule has 0 saturated heterocycles. The standard InChI is InChI=1S/C16H16FN3O/c1-20(2)14-8-5-7-12(10-14)16(21)19-18-11-13-6-3-4-9-15(13)17/h3-11H,1-2H3,(H,19,21)/b18-11+. The first-order valence-electron chi connectivity index (χ1n) is 6.43. The van der Waals surface area contributed by atoms with Crippen LogP contribution in [0.2, 0.25) is 0 Å². The van der Waals surface area contributed by atoms with Crippen molar-refractivity contribution in [3.63, 3.8) is 0 Å². The van der Waals surface area contributed by atoms with Gasteiger partial charge in [-0.15, -0.1) is 0 Å². The zero-order chi connectivity index (χ0) is 15.2. The van der Waals surface area contributed by atoms with Gasteiger partial charge < -0.3 is 4.90 Å². The van der Waals surface area contributed by atoms with Gasteiger partial charge in [-0.1, -0.05) is 24.3 Å². The Balaban J connectivity index is 2.05. The van der Waals surface area contributed by atoms with Crippen LogP contribution in [0.3, 0.4) is 0 Å². The Morgan fingerprint density at radius 2 is 1.95 bits per heavy atom. The summed E-state index contributed by atoms with van der Waals surface area (Å²) in [6.45, 7) is 0. The molecule has 0 atom stereocenters. The second-order valence-electron chi connectivity index (χ2n) is 4.67. The summed E-state index contributed by atoms with van der Waals surface area (Å²) in [6, 6.07) is 13.4. The molecule has 2 aromatic rings. The minimum Gasteiger partial charge on any atom is -0.378 e. The van der Waals surface area contributed by atoms with Gasteiger partial charge in [0, 0.05) is 30.9 Å². The van der Waals surface area contributed by atoms with Crippen molar-refractivity contribution in [2.45, 2.75) is 0 Å². The van der Waals surface area contributed by atoms with Gasteiger partial charge in [-0.3, -0.25) is 4.79 Å². The molecule has 0 heterocycles. The van der Waals surface area contributed by atoms with Crippen molar-refractivity contribution in [1.82, 2.24) is 5.43 Å². The summed E-state index contributed by atoms with van der Waals surface area (Å²) < 4.78 is 13.4. The number of hydrogen-bond acceptors (Lipinski definition) is 3. The van der Waals surface area contributed by atoms with E-state index in [1.807, 2.05) is 25.1 Å². The number of nitrogens with zero attached hydrogens (tertiary/aromatic N) is 2. The van der Waals surface area contributed by atoms with E-state index in [1.165, 1.54) is 12.3 Å². The molecule has 0 aliphatic heterocycles. The minimum atomic E-state index is -0.384. The lowest BCUT2D eigenvalue weighted by molar-refractivity contribution is 0.0955. The van der Waals surface area contributed by atoms with Crippen molar-refractivity contribution < 1.29 is 9.18 Å². The van der Waals surface area contributed by atoms with Gasteiger partial charge in [-0.2, -0.15) is 5.10 Å². The molecule has 5 heteroatoms. The molecule has 1 amide bonds. The van der Waals surface area contributed by atoms with E-state index in [9.17, 15) is 9.18 Å². The Bertz CT molecular complexity index is 668. The number of benzene rings is 2. The van der Waals surface area contributed by atoms with E-state index in [2.05, 4.69) is 10.5 Å². The van der Waals surface area contributed by atoms with Crippen LogP contribution in [-0.2, 0) is 0 Å². The summed E-state index contributed by atoms with van der Waals surface area (Å²) in [4.78, 5) is 13.9. The first kappa shape index (κ1) is 14.7. The van der Waals surface area contributed by atoms with Crippen LogP contribution in [0, 0.1) is 5.82 Å². The van der Waals surface area contributed by atoms with Gasteiger partial charge in [0.25, 0.3) is 5.91 Å². The number of amides is 1. The molecule has 108 valence electrons. The van der Waals surface area contributed by atoms with E-state index in [1.54, 1.807) is 36.4 Å². The summed E-state index contributed by atoms with van der Waals surface area (Å²) in [6.07, 6.45) is 1.28. The van der Waals surface area contributed by atoms with Crippen molar-refractivity contribution in [1.29, 1.82) is 0 Å². The van der Waals surface area contributed by atoms with Crippen LogP contribution in [0.15, 0.2) is 53.6 Å². The van der Waals surface area contributed by atoms with Gasteiger partial charge in [-0.05, 0) is 24.3 Å². The van der Waals surface area contributed by atoms with E-state index in [-0.39, 0.29) is 11.7 Å². The van der Waals surface area contributed by atoms with Crippen molar-refractivity contribution in [2.75, 3.05) is 19.0 Å². The zero-order valence-corrected chi connectivity index (χ0v) is 11.9. The van der Waals surface area contributed by atoms with Crippen molar-refractivity contribution in [3.05, 3.63) is 65.5 Å². The highest BCUT2D eigenvalue weighted by molar-refractivity contribution is 5.95. The molecular weight excluding hydrogens is 269 g/mol. The molecule has 1 N–H and O–H groups in total. The predicted molar refractivity (Wildman–Crippen MR) is 82.2 cm³/mol. The highest BCUT2D eigenvalue weighted by atomic mass is 19.1. The fourth-order valence-electron chi connectivity index (χ4n) is 1.73. The summed E-state index contributed by atoms with van der Waals surface area (Å²) in [7, 11) is 3.79. The maximum atomic E-state index is 13.4. The zero-order valence-electron chi connectivity index (χ0n) is 11.9. The van der Waals surface area contributed by atoms with Crippen LogP contribution in [0.1, 0.15) is 15.9 Å². The van der Waals surface area contributed by atoms with Crippen LogP contribution in [-0.4, -0.2) is 26.2 Å². The first-order chi connectivity index (χ1) is 10.1. The van der Waals surface area contributed by atoms with Crippen molar-refractivity contribution in [3.8, 4) is 0 Å². The SMILES string of the molecule is CN(C)c1cccc(C(=O)N/N=C/c2ccccc2F)c1. The van der Waals surface area contributed by atoms with Gasteiger partial charge in [0.15, 0.2) is 0 Å². The molecule has 2 rings (SSSR count). The van der Waals surface area contributed by atoms with Crippen molar-refractivity contribution >= 4 is 17.8 Å². The summed E-state index contributed by atoms with van der Waals surface area (Å²) in [5.41, 5.74) is 4.12. The number of carbonyl (C=O) groups excluding carboxylic acids is 1. The number of halogens is 1. The normalized spacial score (nSPS) is 10.6. The predicted octanol–water partition coefficient (Wildman–Crippen LogP) is 2.66. The average Bonchev–Trinajstić information content (AvgIpc) is 2.49. The minimum absolute atomic E-state index is 0.319. The molecule has 0 radical (unpaired) electrons. The Labute approximate surface area is 122 Å². The Morgan fingerprint density at radius 1 is 1.19 bits per heavy atom. The molecule has 0 aliphatic carbocycles. The van der Waals surface area contributed by atoms with Gasteiger partial charge in [0.05, 0.1) is 6.21 Å². The van der Waals surface area contributed by atoms with E-state index >= 15 is 0 Å². The number of hydrazone groups is 1. The van der Waals surface area contributed by atoms with Gasteiger partial charge in [-0.25, -0.2) is 9.82 Å². The lowest BCUT2D eigenvalue weighted by Crippen LogP contribution is -2.18. The van der Waals surface area contributed by atoms with Crippen LogP contribution in [0.25, 0.3) is 0 Å². The summed E-state index contributed by atoms with van der Waals surface area (Å²) >= 11 is 0. The van der Waals surface area contributed by atoms with E-state index in [0.717, 1.165) is 5.69 Å². The molecule has 21 heavy (non-hydrogen) atoms. The third kappa shape index (κ3) is 3.89. The molecule has 4 nitrogen and oxygen atoms in total. The van der Waals surface area contributed by atoms with E-state index in [0.29, 0.717) is 11.1 Å². The molecule has 0 aliphatic rings. The lowest BCUT2D eigenvalue weighted by Gasteiger charge is -2.12. The van der Waals surface area contributed by atoms with Crippen LogP contribution in [0.4, 0.5) is 10.1 Å². The highest BCUT2D eigenvalue weighted by Crippen LogP contribution is 2.13. The molecule has 0 saturated carbocycles. The van der Waals surface area contributed by atoms with E-state index in [4.69, 9.17) is 0 Å². The van der Waals surface area contributed by atoms with Gasteiger partial charge in [0.1, 0.15) is 5.82 Å². The average molecular weight is 285 g/mol. The molecular formula is C16H16FN3O. The Morgan fingerprint density at radius 3 is 2.67 bits per heavy atom. The third-order valence-electron chi connectivity index (χ3n) is 2.90. The molecule has 0 aromatic heterocycles. The Hall–Kier alpha value is -2.69. The molecule has 0 spiro atoms. The quantitative estimate of drug-likeness (QED) is 0.693. The fourth-order valence-corrected chi connectivity index (χ4v) is 1.73. The summed E-state index contributed by atoms with van der Waals surface area (Å²) in [5.74, 6) is -0.726. The van der Waals surface area contributed by atoms with Crippen LogP contribution < -0.4 is 10.3 Å². The van der Waals surface area contributed by atoms with Crippen molar-refractivity contribution in [2.24, 2.45) is 5.10 Å². The van der Waals surface area contributed by atoms with Gasteiger partial charge >= 0.3 is 0 Å².